The maximum atomic E-state index is 13.5. The summed E-state index contributed by atoms with van der Waals surface area (Å²) in [7, 11) is 0. The first-order valence-electron chi connectivity index (χ1n) is 9.95. The standard InChI is InChI=1S/C23H19ClN2O4S/c1-3-29-21(28)18-19-14-9-5-7-11-16(14)30-23(18,2)25-22-26(19)20(27)17(31-22)12-13-8-4-6-10-15(13)24/h4-12,18-19H,3H2,1-2H3/b17-12+/t18-,19-,23-/m1/s1. The van der Waals surface area contributed by atoms with Crippen LogP contribution in [0.25, 0.3) is 6.08 Å². The Morgan fingerprint density at radius 1 is 1.29 bits per heavy atom. The Morgan fingerprint density at radius 2 is 2.03 bits per heavy atom. The average molecular weight is 455 g/mol. The van der Waals surface area contributed by atoms with Gasteiger partial charge in [0.2, 0.25) is 5.72 Å². The number of ether oxygens (including phenoxy) is 2. The summed E-state index contributed by atoms with van der Waals surface area (Å²) in [4.78, 5) is 31.7. The Morgan fingerprint density at radius 3 is 2.81 bits per heavy atom. The molecule has 3 atom stereocenters. The number of aromatic nitrogens is 1. The number of hydrogen-bond acceptors (Lipinski definition) is 6. The second-order valence-electron chi connectivity index (χ2n) is 7.57. The molecule has 6 nitrogen and oxygen atoms in total. The van der Waals surface area contributed by atoms with Gasteiger partial charge in [-0.1, -0.05) is 59.3 Å². The largest absolute Gasteiger partial charge is 0.466 e. The van der Waals surface area contributed by atoms with Crippen molar-refractivity contribution in [3.63, 3.8) is 0 Å². The van der Waals surface area contributed by atoms with Gasteiger partial charge in [-0.3, -0.25) is 14.2 Å². The molecule has 2 aromatic carbocycles. The molecule has 0 saturated carbocycles. The second-order valence-corrected chi connectivity index (χ2v) is 8.99. The molecule has 8 heteroatoms. The summed E-state index contributed by atoms with van der Waals surface area (Å²) < 4.78 is 13.6. The van der Waals surface area contributed by atoms with Gasteiger partial charge in [-0.25, -0.2) is 4.99 Å². The molecular weight excluding hydrogens is 436 g/mol. The summed E-state index contributed by atoms with van der Waals surface area (Å²) in [6, 6.07) is 14.2. The first-order chi connectivity index (χ1) is 14.9. The molecule has 2 aliphatic heterocycles. The van der Waals surface area contributed by atoms with Crippen molar-refractivity contribution in [2.24, 2.45) is 10.9 Å². The Hall–Kier alpha value is -2.90. The van der Waals surface area contributed by atoms with Crippen molar-refractivity contribution in [3.8, 4) is 5.75 Å². The number of fused-ring (bicyclic) bond motifs is 6. The van der Waals surface area contributed by atoms with E-state index >= 15 is 0 Å². The average Bonchev–Trinajstić information content (AvgIpc) is 3.03. The van der Waals surface area contributed by atoms with Crippen LogP contribution in [0.2, 0.25) is 5.02 Å². The molecule has 0 fully saturated rings. The second kappa shape index (κ2) is 7.35. The minimum atomic E-state index is -1.18. The fourth-order valence-corrected chi connectivity index (χ4v) is 5.55. The van der Waals surface area contributed by atoms with E-state index in [9.17, 15) is 9.59 Å². The van der Waals surface area contributed by atoms with Crippen molar-refractivity contribution in [1.82, 2.24) is 4.57 Å². The number of benzene rings is 2. The molecule has 3 heterocycles. The normalized spacial score (nSPS) is 23.9. The van der Waals surface area contributed by atoms with Crippen molar-refractivity contribution in [2.45, 2.75) is 25.6 Å². The Labute approximate surface area is 187 Å². The maximum Gasteiger partial charge on any atom is 0.317 e. The monoisotopic (exact) mass is 454 g/mol. The van der Waals surface area contributed by atoms with Gasteiger partial charge in [0.1, 0.15) is 11.7 Å². The molecule has 0 saturated heterocycles. The highest BCUT2D eigenvalue weighted by molar-refractivity contribution is 7.07. The van der Waals surface area contributed by atoms with Gasteiger partial charge in [-0.15, -0.1) is 0 Å². The lowest BCUT2D eigenvalue weighted by Crippen LogP contribution is -2.58. The van der Waals surface area contributed by atoms with Gasteiger partial charge in [0.15, 0.2) is 4.80 Å². The van der Waals surface area contributed by atoms with Gasteiger partial charge >= 0.3 is 5.97 Å². The quantitative estimate of drug-likeness (QED) is 0.570. The molecule has 0 N–H and O–H groups in total. The Bertz CT molecular complexity index is 1380. The van der Waals surface area contributed by atoms with E-state index in [1.807, 2.05) is 42.5 Å². The van der Waals surface area contributed by atoms with Crippen LogP contribution in [0.15, 0.2) is 58.3 Å². The lowest BCUT2D eigenvalue weighted by molar-refractivity contribution is -0.160. The van der Waals surface area contributed by atoms with Crippen LogP contribution in [0.4, 0.5) is 0 Å². The highest BCUT2D eigenvalue weighted by Crippen LogP contribution is 2.47. The van der Waals surface area contributed by atoms with E-state index in [-0.39, 0.29) is 12.2 Å². The molecule has 0 amide bonds. The third kappa shape index (κ3) is 3.11. The third-order valence-corrected chi connectivity index (χ3v) is 6.94. The molecule has 1 aromatic heterocycles. The van der Waals surface area contributed by atoms with E-state index in [0.717, 1.165) is 11.1 Å². The van der Waals surface area contributed by atoms with Crippen molar-refractivity contribution >= 4 is 35.0 Å². The van der Waals surface area contributed by atoms with Crippen LogP contribution in [0.3, 0.4) is 0 Å². The topological polar surface area (TPSA) is 69.9 Å². The summed E-state index contributed by atoms with van der Waals surface area (Å²) in [5.74, 6) is -0.608. The van der Waals surface area contributed by atoms with Gasteiger partial charge in [-0.2, -0.15) is 0 Å². The molecule has 3 aromatic rings. The molecule has 0 unspecified atom stereocenters. The molecule has 0 radical (unpaired) electrons. The molecule has 2 aliphatic rings. The van der Waals surface area contributed by atoms with Crippen molar-refractivity contribution in [3.05, 3.63) is 84.4 Å². The SMILES string of the molecule is CCOC(=O)[C@H]1[C@H]2c3ccccc3O[C@@]1(C)N=c1s/c(=C/c3ccccc3Cl)c(=O)n12. The smallest absolute Gasteiger partial charge is 0.317 e. The molecule has 5 rings (SSSR count). The highest BCUT2D eigenvalue weighted by atomic mass is 35.5. The number of rotatable bonds is 3. The highest BCUT2D eigenvalue weighted by Gasteiger charge is 2.55. The lowest BCUT2D eigenvalue weighted by Gasteiger charge is -2.44. The van der Waals surface area contributed by atoms with Crippen LogP contribution in [0.1, 0.15) is 31.0 Å². The van der Waals surface area contributed by atoms with Crippen LogP contribution in [0, 0.1) is 5.92 Å². The number of esters is 1. The molecule has 158 valence electrons. The zero-order valence-corrected chi connectivity index (χ0v) is 18.4. The van der Waals surface area contributed by atoms with Crippen LogP contribution in [-0.4, -0.2) is 22.9 Å². The molecule has 2 bridgehead atoms. The molecule has 31 heavy (non-hydrogen) atoms. The number of carbonyl (C=O) groups excluding carboxylic acids is 1. The Kier molecular flexibility index (Phi) is 4.75. The fraction of sp³-hybridized carbons (Fsp3) is 0.261. The number of thiazole rings is 1. The number of nitrogens with zero attached hydrogens (tertiary/aromatic N) is 2. The zero-order chi connectivity index (χ0) is 21.8. The number of halogens is 1. The predicted molar refractivity (Wildman–Crippen MR) is 118 cm³/mol. The zero-order valence-electron chi connectivity index (χ0n) is 16.9. The van der Waals surface area contributed by atoms with E-state index < -0.39 is 23.7 Å². The van der Waals surface area contributed by atoms with Gasteiger partial charge in [-0.05, 0) is 37.6 Å². The molecule has 0 aliphatic carbocycles. The molecule has 0 spiro atoms. The maximum absolute atomic E-state index is 13.5. The van der Waals surface area contributed by atoms with Crippen molar-refractivity contribution < 1.29 is 14.3 Å². The van der Waals surface area contributed by atoms with Gasteiger partial charge in [0, 0.05) is 10.6 Å². The van der Waals surface area contributed by atoms with E-state index in [1.165, 1.54) is 11.3 Å². The first kappa shape index (κ1) is 20.0. The van der Waals surface area contributed by atoms with Crippen LogP contribution < -0.4 is 19.6 Å². The van der Waals surface area contributed by atoms with E-state index in [2.05, 4.69) is 0 Å². The minimum Gasteiger partial charge on any atom is -0.466 e. The van der Waals surface area contributed by atoms with Crippen LogP contribution in [-0.2, 0) is 9.53 Å². The van der Waals surface area contributed by atoms with Crippen molar-refractivity contribution in [2.75, 3.05) is 6.61 Å². The summed E-state index contributed by atoms with van der Waals surface area (Å²) in [6.45, 7) is 3.75. The van der Waals surface area contributed by atoms with E-state index in [0.29, 0.717) is 20.1 Å². The fourth-order valence-electron chi connectivity index (χ4n) is 4.27. The minimum absolute atomic E-state index is 0.221. The summed E-state index contributed by atoms with van der Waals surface area (Å²) in [6.07, 6.45) is 1.76. The third-order valence-electron chi connectivity index (χ3n) is 5.61. The van der Waals surface area contributed by atoms with E-state index in [1.54, 1.807) is 30.6 Å². The number of para-hydroxylation sites is 1. The number of carbonyl (C=O) groups is 1. The van der Waals surface area contributed by atoms with Gasteiger partial charge in [0.25, 0.3) is 5.56 Å². The Balaban J connectivity index is 1.79. The predicted octanol–water partition coefficient (Wildman–Crippen LogP) is 2.90. The van der Waals surface area contributed by atoms with Crippen molar-refractivity contribution in [1.29, 1.82) is 0 Å². The van der Waals surface area contributed by atoms with Crippen LogP contribution in [0.5, 0.6) is 5.75 Å². The van der Waals surface area contributed by atoms with E-state index in [4.69, 9.17) is 26.1 Å². The van der Waals surface area contributed by atoms with Gasteiger partial charge in [0.05, 0.1) is 17.2 Å². The summed E-state index contributed by atoms with van der Waals surface area (Å²) in [5, 5.41) is 0.555. The summed E-state index contributed by atoms with van der Waals surface area (Å²) in [5.41, 5.74) is 0.109. The molecular formula is C23H19ClN2O4S. The summed E-state index contributed by atoms with van der Waals surface area (Å²) >= 11 is 7.55. The van der Waals surface area contributed by atoms with Gasteiger partial charge < -0.3 is 9.47 Å². The number of hydrogen-bond donors (Lipinski definition) is 0. The van der Waals surface area contributed by atoms with Crippen LogP contribution >= 0.6 is 22.9 Å². The lowest BCUT2D eigenvalue weighted by atomic mass is 9.81. The first-order valence-corrected chi connectivity index (χ1v) is 11.1.